The van der Waals surface area contributed by atoms with Gasteiger partial charge in [0, 0.05) is 10.9 Å². The first-order chi connectivity index (χ1) is 7.95. The fraction of sp³-hybridized carbons (Fsp3) is 0.333. The van der Waals surface area contributed by atoms with Crippen LogP contribution in [-0.2, 0) is 4.79 Å². The van der Waals surface area contributed by atoms with Crippen LogP contribution in [0.2, 0.25) is 5.02 Å². The molecule has 0 spiro atoms. The van der Waals surface area contributed by atoms with Gasteiger partial charge in [0.2, 0.25) is 5.91 Å². The minimum absolute atomic E-state index is 0.130. The van der Waals surface area contributed by atoms with Crippen LogP contribution in [-0.4, -0.2) is 11.8 Å². The average molecular weight is 255 g/mol. The molecule has 0 saturated carbocycles. The van der Waals surface area contributed by atoms with E-state index in [2.05, 4.69) is 5.32 Å². The Labute approximate surface area is 105 Å². The van der Waals surface area contributed by atoms with Crippen molar-refractivity contribution in [3.05, 3.63) is 28.8 Å². The van der Waals surface area contributed by atoms with Gasteiger partial charge in [0.05, 0.1) is 11.3 Å². The van der Waals surface area contributed by atoms with Crippen molar-refractivity contribution in [1.82, 2.24) is 0 Å². The molecule has 0 saturated heterocycles. The molecule has 2 amide bonds. The highest BCUT2D eigenvalue weighted by Gasteiger charge is 2.15. The van der Waals surface area contributed by atoms with Gasteiger partial charge in [0.25, 0.3) is 5.91 Å². The van der Waals surface area contributed by atoms with Gasteiger partial charge >= 0.3 is 0 Å². The number of carbonyl (C=O) groups excluding carboxylic acids is 2. The molecule has 1 rings (SSSR count). The van der Waals surface area contributed by atoms with Gasteiger partial charge in [-0.25, -0.2) is 0 Å². The fourth-order valence-corrected chi connectivity index (χ4v) is 1.45. The maximum Gasteiger partial charge on any atom is 0.250 e. The van der Waals surface area contributed by atoms with Gasteiger partial charge in [-0.05, 0) is 24.6 Å². The molecule has 5 heteroatoms. The summed E-state index contributed by atoms with van der Waals surface area (Å²) >= 11 is 5.81. The third-order valence-electron chi connectivity index (χ3n) is 2.56. The van der Waals surface area contributed by atoms with Crippen LogP contribution in [0.1, 0.15) is 30.6 Å². The van der Waals surface area contributed by atoms with Crippen LogP contribution in [0.25, 0.3) is 0 Å². The number of nitrogens with one attached hydrogen (secondary N) is 1. The van der Waals surface area contributed by atoms with Crippen molar-refractivity contribution in [2.75, 3.05) is 5.32 Å². The maximum atomic E-state index is 11.7. The van der Waals surface area contributed by atoms with Crippen LogP contribution < -0.4 is 11.1 Å². The Balaban J connectivity index is 3.00. The molecule has 0 aliphatic rings. The summed E-state index contributed by atoms with van der Waals surface area (Å²) in [5.41, 5.74) is 5.83. The number of benzene rings is 1. The first kappa shape index (κ1) is 13.5. The quantitative estimate of drug-likeness (QED) is 0.866. The van der Waals surface area contributed by atoms with Gasteiger partial charge in [-0.2, -0.15) is 0 Å². The van der Waals surface area contributed by atoms with E-state index in [1.165, 1.54) is 12.1 Å². The Morgan fingerprint density at radius 3 is 2.65 bits per heavy atom. The van der Waals surface area contributed by atoms with Crippen LogP contribution in [0.5, 0.6) is 0 Å². The molecule has 0 fully saturated rings. The van der Waals surface area contributed by atoms with Crippen LogP contribution in [0, 0.1) is 5.92 Å². The van der Waals surface area contributed by atoms with E-state index in [0.29, 0.717) is 10.7 Å². The second-order valence-corrected chi connectivity index (χ2v) is 4.29. The highest BCUT2D eigenvalue weighted by Crippen LogP contribution is 2.21. The second-order valence-electron chi connectivity index (χ2n) is 3.85. The molecule has 3 N–H and O–H groups in total. The maximum absolute atomic E-state index is 11.7. The van der Waals surface area contributed by atoms with Gasteiger partial charge in [0.15, 0.2) is 0 Å². The largest absolute Gasteiger partial charge is 0.366 e. The Morgan fingerprint density at radius 2 is 2.12 bits per heavy atom. The molecule has 0 aromatic heterocycles. The summed E-state index contributed by atoms with van der Waals surface area (Å²) < 4.78 is 0. The number of rotatable bonds is 4. The Hall–Kier alpha value is -1.55. The number of anilines is 1. The lowest BCUT2D eigenvalue weighted by atomic mass is 10.1. The molecule has 1 aromatic carbocycles. The van der Waals surface area contributed by atoms with Gasteiger partial charge in [-0.15, -0.1) is 0 Å². The summed E-state index contributed by atoms with van der Waals surface area (Å²) in [7, 11) is 0. The summed E-state index contributed by atoms with van der Waals surface area (Å²) in [6.07, 6.45) is 0.721. The molecule has 17 heavy (non-hydrogen) atoms. The molecule has 1 atom stereocenters. The lowest BCUT2D eigenvalue weighted by Gasteiger charge is -2.12. The molecule has 0 heterocycles. The third kappa shape index (κ3) is 3.46. The second kappa shape index (κ2) is 5.68. The van der Waals surface area contributed by atoms with Gasteiger partial charge in [-0.3, -0.25) is 9.59 Å². The van der Waals surface area contributed by atoms with Gasteiger partial charge < -0.3 is 11.1 Å². The molecule has 0 aliphatic carbocycles. The van der Waals surface area contributed by atoms with E-state index >= 15 is 0 Å². The Morgan fingerprint density at radius 1 is 1.47 bits per heavy atom. The Bertz CT molecular complexity index is 446. The van der Waals surface area contributed by atoms with Crippen molar-refractivity contribution in [1.29, 1.82) is 0 Å². The summed E-state index contributed by atoms with van der Waals surface area (Å²) in [5.74, 6) is -0.881. The van der Waals surface area contributed by atoms with E-state index < -0.39 is 5.91 Å². The zero-order chi connectivity index (χ0) is 13.0. The molecule has 0 aliphatic heterocycles. The number of halogens is 1. The lowest BCUT2D eigenvalue weighted by Crippen LogP contribution is -2.22. The molecule has 92 valence electrons. The number of hydrogen-bond acceptors (Lipinski definition) is 2. The average Bonchev–Trinajstić information content (AvgIpc) is 2.27. The number of hydrogen-bond donors (Lipinski definition) is 2. The van der Waals surface area contributed by atoms with Crippen molar-refractivity contribution < 1.29 is 9.59 Å². The molecule has 1 aromatic rings. The predicted molar refractivity (Wildman–Crippen MR) is 68.1 cm³/mol. The van der Waals surface area contributed by atoms with Crippen LogP contribution in [0.3, 0.4) is 0 Å². The van der Waals surface area contributed by atoms with Crippen molar-refractivity contribution >= 4 is 29.1 Å². The molecule has 4 nitrogen and oxygen atoms in total. The van der Waals surface area contributed by atoms with Crippen LogP contribution in [0.4, 0.5) is 5.69 Å². The van der Waals surface area contributed by atoms with E-state index in [4.69, 9.17) is 17.3 Å². The van der Waals surface area contributed by atoms with E-state index in [1.807, 2.05) is 13.8 Å². The van der Waals surface area contributed by atoms with E-state index in [-0.39, 0.29) is 17.4 Å². The number of nitrogens with two attached hydrogens (primary N) is 1. The first-order valence-corrected chi connectivity index (χ1v) is 5.73. The van der Waals surface area contributed by atoms with E-state index in [9.17, 15) is 9.59 Å². The van der Waals surface area contributed by atoms with Gasteiger partial charge in [-0.1, -0.05) is 25.4 Å². The summed E-state index contributed by atoms with van der Waals surface area (Å²) in [5, 5.41) is 3.10. The molecule has 0 radical (unpaired) electrons. The van der Waals surface area contributed by atoms with Gasteiger partial charge in [0.1, 0.15) is 0 Å². The van der Waals surface area contributed by atoms with Crippen LogP contribution >= 0.6 is 11.6 Å². The standard InChI is InChI=1S/C12H15ClN2O2/c1-3-7(2)12(17)15-10-6-8(13)4-5-9(10)11(14)16/h4-7H,3H2,1-2H3,(H2,14,16)(H,15,17)/t7-/m1/s1. The molecule has 0 bridgehead atoms. The molecule has 0 unspecified atom stereocenters. The number of amides is 2. The monoisotopic (exact) mass is 254 g/mol. The third-order valence-corrected chi connectivity index (χ3v) is 2.80. The normalized spacial score (nSPS) is 11.9. The number of carbonyl (C=O) groups is 2. The summed E-state index contributed by atoms with van der Waals surface area (Å²) in [6.45, 7) is 3.72. The Kier molecular flexibility index (Phi) is 4.52. The highest BCUT2D eigenvalue weighted by molar-refractivity contribution is 6.31. The van der Waals surface area contributed by atoms with E-state index in [0.717, 1.165) is 6.42 Å². The zero-order valence-corrected chi connectivity index (χ0v) is 10.5. The van der Waals surface area contributed by atoms with Crippen molar-refractivity contribution in [2.24, 2.45) is 11.7 Å². The van der Waals surface area contributed by atoms with Crippen molar-refractivity contribution in [2.45, 2.75) is 20.3 Å². The van der Waals surface area contributed by atoms with Crippen molar-refractivity contribution in [3.63, 3.8) is 0 Å². The SMILES string of the molecule is CC[C@@H](C)C(=O)Nc1cc(Cl)ccc1C(N)=O. The fourth-order valence-electron chi connectivity index (χ4n) is 1.28. The van der Waals surface area contributed by atoms with Crippen LogP contribution in [0.15, 0.2) is 18.2 Å². The summed E-state index contributed by atoms with van der Waals surface area (Å²) in [4.78, 5) is 22.9. The van der Waals surface area contributed by atoms with E-state index in [1.54, 1.807) is 6.07 Å². The predicted octanol–water partition coefficient (Wildman–Crippen LogP) is 2.42. The highest BCUT2D eigenvalue weighted by atomic mass is 35.5. The number of primary amides is 1. The minimum Gasteiger partial charge on any atom is -0.366 e. The first-order valence-electron chi connectivity index (χ1n) is 5.36. The zero-order valence-electron chi connectivity index (χ0n) is 9.79. The topological polar surface area (TPSA) is 72.2 Å². The van der Waals surface area contributed by atoms with Crippen molar-refractivity contribution in [3.8, 4) is 0 Å². The lowest BCUT2D eigenvalue weighted by molar-refractivity contribution is -0.119. The summed E-state index contributed by atoms with van der Waals surface area (Å²) in [6, 6.07) is 4.57. The molecular weight excluding hydrogens is 240 g/mol. The minimum atomic E-state index is -0.596. The molecular formula is C12H15ClN2O2. The smallest absolute Gasteiger partial charge is 0.250 e.